The van der Waals surface area contributed by atoms with Gasteiger partial charge in [-0.05, 0) is 72.5 Å². The van der Waals surface area contributed by atoms with E-state index in [1.165, 1.54) is 12.8 Å². The summed E-state index contributed by atoms with van der Waals surface area (Å²) in [6.07, 6.45) is 7.02. The third-order valence-corrected chi connectivity index (χ3v) is 5.15. The van der Waals surface area contributed by atoms with Crippen molar-refractivity contribution in [1.29, 1.82) is 0 Å². The highest BCUT2D eigenvalue weighted by Gasteiger charge is 2.33. The van der Waals surface area contributed by atoms with Gasteiger partial charge in [-0.1, -0.05) is 26.3 Å². The minimum absolute atomic E-state index is 0.0247. The van der Waals surface area contributed by atoms with E-state index in [1.54, 1.807) is 11.1 Å². The minimum Gasteiger partial charge on any atom is -0.443 e. The highest BCUT2D eigenvalue weighted by atomic mass is 16.6. The molecular weight excluding hydrogens is 338 g/mol. The van der Waals surface area contributed by atoms with Crippen LogP contribution in [0.5, 0.6) is 0 Å². The Balaban J connectivity index is 2.43. The summed E-state index contributed by atoms with van der Waals surface area (Å²) >= 11 is 0. The average molecular weight is 376 g/mol. The molecular formula is C22H37N3O2. The van der Waals surface area contributed by atoms with E-state index in [9.17, 15) is 4.79 Å². The number of anilines is 1. The first-order valence-corrected chi connectivity index (χ1v) is 10.5. The van der Waals surface area contributed by atoms with Crippen molar-refractivity contribution in [3.8, 4) is 0 Å². The SMILES string of the molecule is CCCN1CCCCC1c1cccnc1N(C(=O)OC(C)(C)C)C(C)CC. The Bertz CT molecular complexity index is 610. The number of ether oxygens (including phenoxy) is 1. The Kier molecular flexibility index (Phi) is 7.66. The van der Waals surface area contributed by atoms with Crippen LogP contribution in [0.4, 0.5) is 10.6 Å². The van der Waals surface area contributed by atoms with Crippen LogP contribution in [0.25, 0.3) is 0 Å². The smallest absolute Gasteiger partial charge is 0.416 e. The van der Waals surface area contributed by atoms with Crippen LogP contribution in [0.3, 0.4) is 0 Å². The van der Waals surface area contributed by atoms with E-state index in [1.807, 2.05) is 26.8 Å². The lowest BCUT2D eigenvalue weighted by Crippen LogP contribution is -2.44. The van der Waals surface area contributed by atoms with Crippen molar-refractivity contribution < 1.29 is 9.53 Å². The van der Waals surface area contributed by atoms with Crippen molar-refractivity contribution in [3.05, 3.63) is 23.9 Å². The quantitative estimate of drug-likeness (QED) is 0.653. The number of pyridine rings is 1. The van der Waals surface area contributed by atoms with Gasteiger partial charge in [0.15, 0.2) is 0 Å². The lowest BCUT2D eigenvalue weighted by molar-refractivity contribution is 0.0564. The normalized spacial score (nSPS) is 19.6. The van der Waals surface area contributed by atoms with Gasteiger partial charge >= 0.3 is 6.09 Å². The maximum absolute atomic E-state index is 13.1. The first-order chi connectivity index (χ1) is 12.8. The molecule has 1 aliphatic rings. The fourth-order valence-corrected chi connectivity index (χ4v) is 3.74. The van der Waals surface area contributed by atoms with Crippen molar-refractivity contribution in [1.82, 2.24) is 9.88 Å². The number of likely N-dealkylation sites (tertiary alicyclic amines) is 1. The van der Waals surface area contributed by atoms with Crippen LogP contribution in [0.2, 0.25) is 0 Å². The number of hydrogen-bond donors (Lipinski definition) is 0. The zero-order valence-corrected chi connectivity index (χ0v) is 18.0. The van der Waals surface area contributed by atoms with Crippen LogP contribution in [-0.4, -0.2) is 40.7 Å². The number of aromatic nitrogens is 1. The number of nitrogens with zero attached hydrogens (tertiary/aromatic N) is 3. The molecule has 2 unspecified atom stereocenters. The van der Waals surface area contributed by atoms with Gasteiger partial charge in [0.2, 0.25) is 0 Å². The first-order valence-electron chi connectivity index (χ1n) is 10.5. The number of rotatable bonds is 6. The summed E-state index contributed by atoms with van der Waals surface area (Å²) in [5.41, 5.74) is 0.619. The van der Waals surface area contributed by atoms with E-state index in [-0.39, 0.29) is 12.1 Å². The van der Waals surface area contributed by atoms with Crippen LogP contribution >= 0.6 is 0 Å². The zero-order valence-electron chi connectivity index (χ0n) is 18.0. The molecule has 1 fully saturated rings. The molecule has 1 aromatic heterocycles. The van der Waals surface area contributed by atoms with Gasteiger partial charge in [-0.15, -0.1) is 0 Å². The third kappa shape index (κ3) is 5.68. The molecule has 1 saturated heterocycles. The predicted molar refractivity (Wildman–Crippen MR) is 111 cm³/mol. The monoisotopic (exact) mass is 375 g/mol. The highest BCUT2D eigenvalue weighted by molar-refractivity contribution is 5.88. The molecule has 5 nitrogen and oxygen atoms in total. The van der Waals surface area contributed by atoms with E-state index < -0.39 is 5.60 Å². The van der Waals surface area contributed by atoms with Crippen LogP contribution in [-0.2, 0) is 4.74 Å². The van der Waals surface area contributed by atoms with Gasteiger partial charge in [0.25, 0.3) is 0 Å². The van der Waals surface area contributed by atoms with Gasteiger partial charge in [-0.2, -0.15) is 0 Å². The highest BCUT2D eigenvalue weighted by Crippen LogP contribution is 2.36. The van der Waals surface area contributed by atoms with Crippen molar-refractivity contribution >= 4 is 11.9 Å². The Morgan fingerprint density at radius 3 is 2.74 bits per heavy atom. The summed E-state index contributed by atoms with van der Waals surface area (Å²) in [7, 11) is 0. The number of hydrogen-bond acceptors (Lipinski definition) is 4. The molecule has 0 aromatic carbocycles. The summed E-state index contributed by atoms with van der Waals surface area (Å²) < 4.78 is 5.73. The van der Waals surface area contributed by atoms with E-state index in [0.717, 1.165) is 43.7 Å². The largest absolute Gasteiger partial charge is 0.443 e. The molecule has 2 atom stereocenters. The van der Waals surface area contributed by atoms with Gasteiger partial charge in [-0.25, -0.2) is 9.78 Å². The molecule has 0 radical (unpaired) electrons. The van der Waals surface area contributed by atoms with E-state index in [2.05, 4.69) is 36.7 Å². The lowest BCUT2D eigenvalue weighted by atomic mass is 9.94. The number of carbonyl (C=O) groups is 1. The van der Waals surface area contributed by atoms with Crippen molar-refractivity contribution in [3.63, 3.8) is 0 Å². The molecule has 1 amide bonds. The molecule has 0 spiro atoms. The van der Waals surface area contributed by atoms with Crippen LogP contribution in [0, 0.1) is 0 Å². The van der Waals surface area contributed by atoms with E-state index >= 15 is 0 Å². The number of carbonyl (C=O) groups excluding carboxylic acids is 1. The fourth-order valence-electron chi connectivity index (χ4n) is 3.74. The molecule has 5 heteroatoms. The summed E-state index contributed by atoms with van der Waals surface area (Å²) in [5, 5.41) is 0. The fraction of sp³-hybridized carbons (Fsp3) is 0.727. The van der Waals surface area contributed by atoms with E-state index in [0.29, 0.717) is 6.04 Å². The summed E-state index contributed by atoms with van der Waals surface area (Å²) in [6.45, 7) is 14.3. The first kappa shape index (κ1) is 21.7. The molecule has 0 N–H and O–H groups in total. The topological polar surface area (TPSA) is 45.7 Å². The maximum atomic E-state index is 13.1. The second-order valence-electron chi connectivity index (χ2n) is 8.57. The molecule has 2 heterocycles. The van der Waals surface area contributed by atoms with Gasteiger partial charge in [0.1, 0.15) is 11.4 Å². The molecule has 0 aliphatic carbocycles. The second kappa shape index (κ2) is 9.54. The average Bonchev–Trinajstić information content (AvgIpc) is 2.61. The Hall–Kier alpha value is -1.62. The zero-order chi connectivity index (χ0) is 20.0. The van der Waals surface area contributed by atoms with Gasteiger partial charge in [-0.3, -0.25) is 9.80 Å². The molecule has 0 bridgehead atoms. The van der Waals surface area contributed by atoms with Crippen LogP contribution < -0.4 is 4.90 Å². The van der Waals surface area contributed by atoms with Crippen molar-refractivity contribution in [2.45, 2.75) is 91.3 Å². The molecule has 2 rings (SSSR count). The van der Waals surface area contributed by atoms with E-state index in [4.69, 9.17) is 4.74 Å². The summed E-state index contributed by atoms with van der Waals surface area (Å²) in [5.74, 6) is 0.758. The van der Waals surface area contributed by atoms with Gasteiger partial charge in [0, 0.05) is 23.8 Å². The van der Waals surface area contributed by atoms with Crippen molar-refractivity contribution in [2.75, 3.05) is 18.0 Å². The number of piperidine rings is 1. The predicted octanol–water partition coefficient (Wildman–Crippen LogP) is 5.56. The van der Waals surface area contributed by atoms with Gasteiger partial charge < -0.3 is 4.74 Å². The van der Waals surface area contributed by atoms with Crippen LogP contribution in [0.15, 0.2) is 18.3 Å². The minimum atomic E-state index is -0.531. The summed E-state index contributed by atoms with van der Waals surface area (Å²) in [6, 6.07) is 4.47. The molecule has 1 aliphatic heterocycles. The Morgan fingerprint density at radius 2 is 2.11 bits per heavy atom. The lowest BCUT2D eigenvalue weighted by Gasteiger charge is -2.38. The standard InChI is InChI=1S/C22H37N3O2/c1-7-15-24-16-10-9-13-19(24)18-12-11-14-23-20(18)25(17(3)8-2)21(26)27-22(4,5)6/h11-12,14,17,19H,7-10,13,15-16H2,1-6H3. The molecule has 1 aromatic rings. The summed E-state index contributed by atoms with van der Waals surface area (Å²) in [4.78, 5) is 22.0. The molecule has 0 saturated carbocycles. The van der Waals surface area contributed by atoms with Crippen molar-refractivity contribution in [2.24, 2.45) is 0 Å². The third-order valence-electron chi connectivity index (χ3n) is 5.15. The Morgan fingerprint density at radius 1 is 1.37 bits per heavy atom. The molecule has 152 valence electrons. The number of amides is 1. The second-order valence-corrected chi connectivity index (χ2v) is 8.57. The maximum Gasteiger partial charge on any atom is 0.416 e. The van der Waals surface area contributed by atoms with Crippen LogP contribution in [0.1, 0.15) is 85.3 Å². The van der Waals surface area contributed by atoms with Gasteiger partial charge in [0.05, 0.1) is 0 Å². The Labute approximate surface area is 165 Å². The molecule has 27 heavy (non-hydrogen) atoms.